The molecule has 6 heterocycles. The lowest BCUT2D eigenvalue weighted by molar-refractivity contribution is 0.0685. The van der Waals surface area contributed by atoms with Crippen LogP contribution in [0.3, 0.4) is 0 Å². The highest BCUT2D eigenvalue weighted by Gasteiger charge is 2.33. The summed E-state index contributed by atoms with van der Waals surface area (Å²) >= 11 is 0. The average molecular weight is 1620 g/mol. The summed E-state index contributed by atoms with van der Waals surface area (Å²) in [6.45, 7) is 20.9. The van der Waals surface area contributed by atoms with Crippen LogP contribution in [0.1, 0.15) is 179 Å². The standard InChI is InChI=1S/C33H36FN3O3.C31H32N2O4.C25H28FN3O4.C2H6FN.CH3F.2CH4/c1-21(2)27-18-28(29(16-22(27)3)39-20-23-8-6-5-7-9-23)32-30(31(36-40-32)33(38)35-14-13-34)25-10-11-26-19-37(4)15-12-24(26)17-25;1-19(2)25-16-26(27(14-20(25)3)36-18-21-8-6-5-7-9-21)30-28(29(31(34)35)32-37-30)23-10-11-24-17-33(4)13-12-22(24)15-23;1-14(2)18-11-19(21(31)12-20(18)30)24-22(23(28-33-24)25(32)27-8-7-26)16-4-5-17-13-29(3)9-6-15(17)10-16;3-1-2-4;1-2;;/h5-11,16-18,21H,12-15,19-20H2,1-4H3,(H,35,38);5-11,14-16,19H,12-13,17-18H2,1-4H3,(H,34,35);4-5,10-12,14,30-31H,6-9,13H2,1-3H3,(H,27,32);1-2,4H2;1H3;2*1H4/i;;;;1D;;. The zero-order valence-electron chi connectivity index (χ0n) is 68.8. The smallest absolute Gasteiger partial charge is 0.358 e. The SMILES string of the molecule is C.C.CC(C)c1cc(-c2onc(C(=O)NCCF)c2-c2ccc3c(c2)CCN(C)C3)c(O)cc1O.Cc1cc(OCc2ccccc2)c(-c2onc(C(=O)NCCF)c2-c2ccc3c(c2)CCN(C)C3)cc1C(C)C.Cc1cc(OCc2ccccc2)c(-c2onc(C(=O)O)c2-c2ccc3c(c2)CCN(C)C3)cc1C(C)C.NCCF.[2H]CF. The molecular formula is C94H113F4N9O11. The number of ether oxygens (including phenoxy) is 2. The van der Waals surface area contributed by atoms with Crippen LogP contribution in [0.2, 0.25) is 0 Å². The number of carboxylic acids is 1. The van der Waals surface area contributed by atoms with E-state index in [1.807, 2.05) is 117 Å². The van der Waals surface area contributed by atoms with Crippen molar-refractivity contribution in [3.63, 3.8) is 0 Å². The van der Waals surface area contributed by atoms with Crippen molar-refractivity contribution in [1.82, 2.24) is 40.8 Å². The van der Waals surface area contributed by atoms with E-state index in [0.29, 0.717) is 69.6 Å². The quantitative estimate of drug-likeness (QED) is 0.0325. The van der Waals surface area contributed by atoms with E-state index in [1.165, 1.54) is 39.4 Å². The van der Waals surface area contributed by atoms with Crippen molar-refractivity contribution in [3.8, 4) is 90.3 Å². The van der Waals surface area contributed by atoms with Crippen molar-refractivity contribution < 1.29 is 71.7 Å². The number of carbonyl (C=O) groups excluding carboxylic acids is 2. The molecule has 0 saturated carbocycles. The van der Waals surface area contributed by atoms with E-state index >= 15 is 0 Å². The topological polar surface area (TPSA) is 268 Å². The van der Waals surface area contributed by atoms with Crippen LogP contribution in [0.5, 0.6) is 23.0 Å². The van der Waals surface area contributed by atoms with Gasteiger partial charge < -0.3 is 69.4 Å². The number of nitrogens with one attached hydrogen (secondary N) is 2. The van der Waals surface area contributed by atoms with Gasteiger partial charge in [-0.25, -0.2) is 18.0 Å². The van der Waals surface area contributed by atoms with Crippen LogP contribution >= 0.6 is 0 Å². The van der Waals surface area contributed by atoms with Crippen molar-refractivity contribution >= 4 is 17.8 Å². The molecule has 2 amide bonds. The molecule has 0 unspecified atom stereocenters. The molecule has 7 N–H and O–H groups in total. The number of aromatic hydroxyl groups is 2. The summed E-state index contributed by atoms with van der Waals surface area (Å²) in [4.78, 5) is 45.0. The highest BCUT2D eigenvalue weighted by molar-refractivity contribution is 6.04. The number of likely N-dealkylation sites (N-methyl/N-ethyl adjacent to an activating group) is 3. The molecule has 11 aromatic rings. The average Bonchev–Trinajstić information content (AvgIpc) is 1.67. The van der Waals surface area contributed by atoms with E-state index in [1.54, 1.807) is 6.07 Å². The molecule has 628 valence electrons. The third-order valence-electron chi connectivity index (χ3n) is 20.6. The van der Waals surface area contributed by atoms with Gasteiger partial charge in [0, 0.05) is 65.0 Å². The summed E-state index contributed by atoms with van der Waals surface area (Å²) in [6.07, 6.45) is 2.69. The molecule has 0 atom stereocenters. The zero-order chi connectivity index (χ0) is 84.1. The number of hydrogen-bond donors (Lipinski definition) is 6. The molecule has 0 aliphatic carbocycles. The lowest BCUT2D eigenvalue weighted by atomic mass is 9.90. The van der Waals surface area contributed by atoms with Gasteiger partial charge in [0.15, 0.2) is 34.4 Å². The molecule has 20 nitrogen and oxygen atoms in total. The number of phenolic OH excluding ortho intramolecular Hbond substituents is 2. The Kier molecular flexibility index (Phi) is 33.1. The Labute approximate surface area is 691 Å². The van der Waals surface area contributed by atoms with Gasteiger partial charge in [0.05, 0.1) is 41.9 Å². The van der Waals surface area contributed by atoms with E-state index in [-0.39, 0.29) is 86.6 Å². The van der Waals surface area contributed by atoms with Crippen LogP contribution < -0.4 is 25.8 Å². The molecule has 14 rings (SSSR count). The third-order valence-corrected chi connectivity index (χ3v) is 20.6. The van der Waals surface area contributed by atoms with Gasteiger partial charge in [-0.3, -0.25) is 14.0 Å². The summed E-state index contributed by atoms with van der Waals surface area (Å²) in [7, 11) is 5.29. The largest absolute Gasteiger partial charge is 0.508 e. The second-order valence-electron chi connectivity index (χ2n) is 30.1. The van der Waals surface area contributed by atoms with Crippen molar-refractivity contribution in [3.05, 3.63) is 241 Å². The maximum absolute atomic E-state index is 13.2. The van der Waals surface area contributed by atoms with E-state index in [0.717, 1.165) is 114 Å². The first-order chi connectivity index (χ1) is 56.3. The molecule has 0 spiro atoms. The second-order valence-corrected chi connectivity index (χ2v) is 30.1. The summed E-state index contributed by atoms with van der Waals surface area (Å²) in [6, 6.07) is 49.4. The highest BCUT2D eigenvalue weighted by atomic mass is 19.1. The summed E-state index contributed by atoms with van der Waals surface area (Å²) in [5.41, 5.74) is 24.9. The molecule has 3 aliphatic heterocycles. The van der Waals surface area contributed by atoms with Gasteiger partial charge >= 0.3 is 5.97 Å². The molecule has 8 aromatic carbocycles. The van der Waals surface area contributed by atoms with Gasteiger partial charge in [-0.2, -0.15) is 0 Å². The summed E-state index contributed by atoms with van der Waals surface area (Å²) in [5.74, 6) is 0.545. The normalized spacial score (nSPS) is 13.1. The monoisotopic (exact) mass is 1620 g/mol. The van der Waals surface area contributed by atoms with Gasteiger partial charge in [0.25, 0.3) is 11.8 Å². The Bertz CT molecular complexity index is 5210. The Morgan fingerprint density at radius 3 is 1.17 bits per heavy atom. The van der Waals surface area contributed by atoms with Gasteiger partial charge in [-0.05, 0) is 191 Å². The number of rotatable bonds is 23. The van der Waals surface area contributed by atoms with E-state index in [2.05, 4.69) is 146 Å². The second kappa shape index (κ2) is 43.1. The fourth-order valence-corrected chi connectivity index (χ4v) is 14.7. The minimum Gasteiger partial charge on any atom is -0.508 e. The first-order valence-electron chi connectivity index (χ1n) is 39.6. The predicted molar refractivity (Wildman–Crippen MR) is 458 cm³/mol. The zero-order valence-corrected chi connectivity index (χ0v) is 67.8. The minimum atomic E-state index is -1.12. The van der Waals surface area contributed by atoms with Crippen molar-refractivity contribution in [2.45, 2.75) is 140 Å². The number of carbonyl (C=O) groups is 3. The number of nitrogens with zero attached hydrogens (tertiary/aromatic N) is 6. The van der Waals surface area contributed by atoms with Crippen LogP contribution in [0.25, 0.3) is 67.4 Å². The van der Waals surface area contributed by atoms with Crippen molar-refractivity contribution in [2.24, 2.45) is 5.73 Å². The minimum absolute atomic E-state index is 0. The molecule has 0 fully saturated rings. The number of fused-ring (bicyclic) bond motifs is 3. The van der Waals surface area contributed by atoms with E-state index < -0.39 is 45.0 Å². The number of carboxylic acid groups (broad SMARTS) is 1. The molecule has 24 heteroatoms. The maximum atomic E-state index is 13.2. The lowest BCUT2D eigenvalue weighted by Crippen LogP contribution is -2.27. The molecule has 3 aromatic heterocycles. The van der Waals surface area contributed by atoms with Crippen LogP contribution in [-0.4, -0.2) is 151 Å². The number of alkyl halides is 4. The Hall–Kier alpha value is -11.4. The number of aromatic nitrogens is 3. The summed E-state index contributed by atoms with van der Waals surface area (Å²) in [5, 5.41) is 48.2. The van der Waals surface area contributed by atoms with Crippen LogP contribution in [0.15, 0.2) is 165 Å². The van der Waals surface area contributed by atoms with Gasteiger partial charge in [-0.1, -0.05) is 187 Å². The fraction of sp³-hybridized carbons (Fsp3) is 0.362. The Morgan fingerprint density at radius 2 is 0.831 bits per heavy atom. The highest BCUT2D eigenvalue weighted by Crippen LogP contribution is 2.47. The number of phenols is 2. The molecule has 0 saturated heterocycles. The number of halogens is 4. The number of nitrogens with two attached hydrogens (primary N) is 1. The van der Waals surface area contributed by atoms with Crippen LogP contribution in [0.4, 0.5) is 17.6 Å². The first-order valence-corrected chi connectivity index (χ1v) is 38.9. The number of aryl methyl sites for hydroxylation is 2. The number of amides is 2. The van der Waals surface area contributed by atoms with E-state index in [9.17, 15) is 47.3 Å². The molecule has 118 heavy (non-hydrogen) atoms. The lowest BCUT2D eigenvalue weighted by Gasteiger charge is -2.25. The van der Waals surface area contributed by atoms with Gasteiger partial charge in [0.2, 0.25) is 0 Å². The van der Waals surface area contributed by atoms with Crippen LogP contribution in [-0.2, 0) is 52.1 Å². The molecule has 0 radical (unpaired) electrons. The molecular weight excluding hydrogens is 1510 g/mol. The fourth-order valence-electron chi connectivity index (χ4n) is 14.7. The summed E-state index contributed by atoms with van der Waals surface area (Å²) < 4.78 is 81.8. The van der Waals surface area contributed by atoms with Crippen molar-refractivity contribution in [1.29, 1.82) is 0 Å². The number of aromatic carboxylic acids is 1. The predicted octanol–water partition coefficient (Wildman–Crippen LogP) is 19.4. The third kappa shape index (κ3) is 22.2. The maximum Gasteiger partial charge on any atom is 0.358 e. The first kappa shape index (κ1) is 90.5. The van der Waals surface area contributed by atoms with Crippen LogP contribution in [0, 0.1) is 13.8 Å². The van der Waals surface area contributed by atoms with E-state index in [4.69, 9.17) is 24.4 Å². The van der Waals surface area contributed by atoms with Gasteiger partial charge in [0.1, 0.15) is 56.2 Å². The Morgan fingerprint density at radius 1 is 0.492 bits per heavy atom. The van der Waals surface area contributed by atoms with Crippen molar-refractivity contribution in [2.75, 3.05) is 87.6 Å². The Balaban J connectivity index is 0.000000213. The number of benzene rings is 8. The van der Waals surface area contributed by atoms with Gasteiger partial charge in [-0.15, -0.1) is 0 Å². The number of hydrogen-bond acceptors (Lipinski definition) is 17. The molecule has 3 aliphatic rings. The molecule has 0 bridgehead atoms.